The van der Waals surface area contributed by atoms with Crippen molar-refractivity contribution in [1.82, 2.24) is 4.98 Å². The molecule has 20 heavy (non-hydrogen) atoms. The molecular formula is C16H21N3S. The Morgan fingerprint density at radius 1 is 1.20 bits per heavy atom. The minimum absolute atomic E-state index is 0.413. The normalized spacial score (nSPS) is 25.9. The van der Waals surface area contributed by atoms with Crippen molar-refractivity contribution in [2.45, 2.75) is 57.0 Å². The predicted octanol–water partition coefficient (Wildman–Crippen LogP) is 3.47. The van der Waals surface area contributed by atoms with E-state index in [0.717, 1.165) is 12.8 Å². The van der Waals surface area contributed by atoms with Crippen LogP contribution >= 0.6 is 11.3 Å². The summed E-state index contributed by atoms with van der Waals surface area (Å²) in [7, 11) is 0. The van der Waals surface area contributed by atoms with E-state index in [1.165, 1.54) is 48.0 Å². The van der Waals surface area contributed by atoms with E-state index in [1.54, 1.807) is 10.4 Å². The van der Waals surface area contributed by atoms with Gasteiger partial charge in [0.15, 0.2) is 0 Å². The number of pyridine rings is 1. The van der Waals surface area contributed by atoms with Gasteiger partial charge in [-0.3, -0.25) is 0 Å². The molecule has 106 valence electrons. The molecule has 0 atom stereocenters. The molecule has 0 unspecified atom stereocenters. The number of thiophene rings is 1. The van der Waals surface area contributed by atoms with E-state index in [4.69, 9.17) is 5.73 Å². The molecule has 2 heterocycles. The summed E-state index contributed by atoms with van der Waals surface area (Å²) in [5, 5.41) is 5.17. The third-order valence-corrected chi connectivity index (χ3v) is 5.94. The van der Waals surface area contributed by atoms with Gasteiger partial charge in [0.1, 0.15) is 4.83 Å². The van der Waals surface area contributed by atoms with Gasteiger partial charge in [0.2, 0.25) is 0 Å². The number of nitrogens with one attached hydrogen (secondary N) is 1. The van der Waals surface area contributed by atoms with Gasteiger partial charge in [0.25, 0.3) is 0 Å². The zero-order chi connectivity index (χ0) is 13.5. The number of aromatic nitrogens is 1. The highest BCUT2D eigenvalue weighted by atomic mass is 32.1. The van der Waals surface area contributed by atoms with Gasteiger partial charge in [-0.05, 0) is 56.6 Å². The van der Waals surface area contributed by atoms with Crippen molar-refractivity contribution in [3.63, 3.8) is 0 Å². The number of hydrogen-bond donors (Lipinski definition) is 2. The zero-order valence-corrected chi connectivity index (χ0v) is 12.5. The lowest BCUT2D eigenvalue weighted by Gasteiger charge is -2.28. The molecule has 0 aromatic carbocycles. The van der Waals surface area contributed by atoms with Crippen molar-refractivity contribution >= 4 is 27.2 Å². The van der Waals surface area contributed by atoms with Gasteiger partial charge in [-0.25, -0.2) is 4.98 Å². The minimum atomic E-state index is 0.413. The summed E-state index contributed by atoms with van der Waals surface area (Å²) < 4.78 is 0. The number of hydrogen-bond acceptors (Lipinski definition) is 4. The number of aryl methyl sites for hydroxylation is 2. The summed E-state index contributed by atoms with van der Waals surface area (Å²) in [6, 6.07) is 3.15. The Balaban J connectivity index is 1.66. The van der Waals surface area contributed by atoms with Crippen LogP contribution in [0.3, 0.4) is 0 Å². The van der Waals surface area contributed by atoms with E-state index in [0.29, 0.717) is 12.1 Å². The molecule has 2 aromatic rings. The lowest BCUT2D eigenvalue weighted by Crippen LogP contribution is -2.32. The summed E-state index contributed by atoms with van der Waals surface area (Å²) in [4.78, 5) is 7.35. The first-order chi connectivity index (χ1) is 9.81. The average molecular weight is 287 g/mol. The first-order valence-corrected chi connectivity index (χ1v) is 8.54. The first kappa shape index (κ1) is 12.6. The second-order valence-electron chi connectivity index (χ2n) is 6.15. The topological polar surface area (TPSA) is 50.9 Å². The lowest BCUT2D eigenvalue weighted by molar-refractivity contribution is 0.411. The molecule has 0 saturated heterocycles. The molecule has 1 saturated carbocycles. The summed E-state index contributed by atoms with van der Waals surface area (Å²) in [5.74, 6) is 0. The third-order valence-electron chi connectivity index (χ3n) is 4.74. The maximum Gasteiger partial charge on any atom is 0.125 e. The molecule has 1 fully saturated rings. The number of nitrogens with zero attached hydrogens (tertiary/aromatic N) is 1. The summed E-state index contributed by atoms with van der Waals surface area (Å²) >= 11 is 1.89. The zero-order valence-electron chi connectivity index (χ0n) is 11.7. The molecule has 0 radical (unpaired) electrons. The van der Waals surface area contributed by atoms with Crippen LogP contribution in [0.15, 0.2) is 12.3 Å². The van der Waals surface area contributed by atoms with Crippen molar-refractivity contribution in [3.8, 4) is 0 Å². The van der Waals surface area contributed by atoms with Crippen LogP contribution in [-0.2, 0) is 12.8 Å². The Morgan fingerprint density at radius 3 is 2.90 bits per heavy atom. The fraction of sp³-hybridized carbons (Fsp3) is 0.562. The molecule has 2 aliphatic carbocycles. The van der Waals surface area contributed by atoms with Crippen molar-refractivity contribution < 1.29 is 0 Å². The second-order valence-corrected chi connectivity index (χ2v) is 7.24. The van der Waals surface area contributed by atoms with E-state index in [2.05, 4.69) is 16.4 Å². The van der Waals surface area contributed by atoms with E-state index in [-0.39, 0.29) is 0 Å². The predicted molar refractivity (Wildman–Crippen MR) is 85.5 cm³/mol. The maximum absolute atomic E-state index is 6.00. The molecular weight excluding hydrogens is 266 g/mol. The van der Waals surface area contributed by atoms with Crippen LogP contribution in [-0.4, -0.2) is 17.1 Å². The summed E-state index contributed by atoms with van der Waals surface area (Å²) in [6.45, 7) is 0. The molecule has 0 aliphatic heterocycles. The summed E-state index contributed by atoms with van der Waals surface area (Å²) in [5.41, 5.74) is 8.87. The third kappa shape index (κ3) is 2.11. The van der Waals surface area contributed by atoms with Crippen LogP contribution in [0.4, 0.5) is 5.69 Å². The van der Waals surface area contributed by atoms with Crippen LogP contribution in [0.5, 0.6) is 0 Å². The van der Waals surface area contributed by atoms with Crippen molar-refractivity contribution in [3.05, 3.63) is 22.7 Å². The molecule has 2 aliphatic rings. The van der Waals surface area contributed by atoms with Crippen molar-refractivity contribution in [1.29, 1.82) is 0 Å². The van der Waals surface area contributed by atoms with Crippen LogP contribution in [0.25, 0.3) is 10.2 Å². The van der Waals surface area contributed by atoms with E-state index in [1.807, 2.05) is 17.5 Å². The SMILES string of the molecule is NC1CCC(Nc2ccnc3sc4c(c23)CCC4)CC1. The van der Waals surface area contributed by atoms with Gasteiger partial charge in [-0.1, -0.05) is 0 Å². The number of fused-ring (bicyclic) bond motifs is 3. The van der Waals surface area contributed by atoms with Crippen LogP contribution in [0.1, 0.15) is 42.5 Å². The van der Waals surface area contributed by atoms with Gasteiger partial charge in [-0.15, -0.1) is 11.3 Å². The molecule has 4 rings (SSSR count). The molecule has 4 heteroatoms. The Kier molecular flexibility index (Phi) is 3.15. The van der Waals surface area contributed by atoms with Gasteiger partial charge in [-0.2, -0.15) is 0 Å². The molecule has 0 spiro atoms. The molecule has 3 nitrogen and oxygen atoms in total. The van der Waals surface area contributed by atoms with E-state index < -0.39 is 0 Å². The average Bonchev–Trinajstić information content (AvgIpc) is 3.02. The standard InChI is InChI=1S/C16H21N3S/c17-10-4-6-11(7-5-10)19-13-8-9-18-16-15(13)12-2-1-3-14(12)20-16/h8-11H,1-7,17H2,(H,18,19). The highest BCUT2D eigenvalue weighted by Gasteiger charge is 2.23. The van der Waals surface area contributed by atoms with Gasteiger partial charge >= 0.3 is 0 Å². The van der Waals surface area contributed by atoms with Crippen LogP contribution in [0, 0.1) is 0 Å². The monoisotopic (exact) mass is 287 g/mol. The van der Waals surface area contributed by atoms with Gasteiger partial charge in [0.05, 0.1) is 0 Å². The summed E-state index contributed by atoms with van der Waals surface area (Å²) in [6.07, 6.45) is 10.4. The second kappa shape index (κ2) is 5.01. The number of nitrogens with two attached hydrogens (primary N) is 1. The number of rotatable bonds is 2. The lowest BCUT2D eigenvalue weighted by atomic mass is 9.91. The minimum Gasteiger partial charge on any atom is -0.382 e. The largest absolute Gasteiger partial charge is 0.382 e. The number of anilines is 1. The highest BCUT2D eigenvalue weighted by Crippen LogP contribution is 2.40. The maximum atomic E-state index is 6.00. The Hall–Kier alpha value is -1.13. The Morgan fingerprint density at radius 2 is 2.05 bits per heavy atom. The van der Waals surface area contributed by atoms with Crippen molar-refractivity contribution in [2.24, 2.45) is 5.73 Å². The molecule has 0 amide bonds. The molecule has 3 N–H and O–H groups in total. The van der Waals surface area contributed by atoms with Gasteiger partial charge in [0, 0.05) is 34.2 Å². The van der Waals surface area contributed by atoms with Gasteiger partial charge < -0.3 is 11.1 Å². The Labute approximate surface area is 123 Å². The molecule has 0 bridgehead atoms. The fourth-order valence-electron chi connectivity index (χ4n) is 3.63. The van der Waals surface area contributed by atoms with Crippen molar-refractivity contribution in [2.75, 3.05) is 5.32 Å². The quantitative estimate of drug-likeness (QED) is 0.889. The van der Waals surface area contributed by atoms with Crippen LogP contribution in [0.2, 0.25) is 0 Å². The fourth-order valence-corrected chi connectivity index (χ4v) is 4.88. The van der Waals surface area contributed by atoms with Crippen LogP contribution < -0.4 is 11.1 Å². The van der Waals surface area contributed by atoms with E-state index in [9.17, 15) is 0 Å². The highest BCUT2D eigenvalue weighted by molar-refractivity contribution is 7.19. The molecule has 2 aromatic heterocycles. The smallest absolute Gasteiger partial charge is 0.125 e. The first-order valence-electron chi connectivity index (χ1n) is 7.72. The Bertz CT molecular complexity index is 626. The van der Waals surface area contributed by atoms with E-state index >= 15 is 0 Å².